The number of nitrogens with one attached hydrogen (secondary N) is 1. The van der Waals surface area contributed by atoms with Crippen molar-refractivity contribution in [2.24, 2.45) is 12.0 Å². The Labute approximate surface area is 127 Å². The first kappa shape index (κ1) is 13.7. The summed E-state index contributed by atoms with van der Waals surface area (Å²) in [7, 11) is 1.95. The van der Waals surface area contributed by atoms with E-state index in [0.717, 1.165) is 16.9 Å². The van der Waals surface area contributed by atoms with Gasteiger partial charge in [-0.1, -0.05) is 18.2 Å². The van der Waals surface area contributed by atoms with Crippen LogP contribution in [0.15, 0.2) is 52.5 Å². The molecule has 1 saturated heterocycles. The maximum Gasteiger partial charge on any atom is 0.264 e. The lowest BCUT2D eigenvalue weighted by Crippen LogP contribution is -2.19. The highest BCUT2D eigenvalue weighted by Crippen LogP contribution is 2.28. The molecule has 3 rings (SSSR count). The Hall–Kier alpha value is -2.27. The number of amides is 1. The maximum absolute atomic E-state index is 12.0. The van der Waals surface area contributed by atoms with Crippen LogP contribution in [0.4, 0.5) is 5.69 Å². The van der Waals surface area contributed by atoms with Gasteiger partial charge in [0.2, 0.25) is 0 Å². The van der Waals surface area contributed by atoms with Crippen molar-refractivity contribution in [2.75, 3.05) is 0 Å². The van der Waals surface area contributed by atoms with E-state index in [0.29, 0.717) is 10.1 Å². The zero-order chi connectivity index (χ0) is 14.8. The topological polar surface area (TPSA) is 46.4 Å². The van der Waals surface area contributed by atoms with Crippen molar-refractivity contribution >= 4 is 34.6 Å². The molecule has 5 heteroatoms. The first-order chi connectivity index (χ1) is 10.1. The molecule has 0 spiro atoms. The van der Waals surface area contributed by atoms with Crippen molar-refractivity contribution in [3.8, 4) is 0 Å². The molecular formula is C16H15N3OS. The van der Waals surface area contributed by atoms with Gasteiger partial charge < -0.3 is 9.88 Å². The SMILES string of the molecule is Cc1ccccc1N=C1NC(=O)/C(=C\c2cccn2C)S1. The van der Waals surface area contributed by atoms with Crippen LogP contribution in [0.2, 0.25) is 0 Å². The molecule has 0 atom stereocenters. The number of carbonyl (C=O) groups excluding carboxylic acids is 1. The number of aryl methyl sites for hydroxylation is 2. The third-order valence-corrected chi connectivity index (χ3v) is 4.16. The average Bonchev–Trinajstić information content (AvgIpc) is 3.00. The monoisotopic (exact) mass is 297 g/mol. The fraction of sp³-hybridized carbons (Fsp3) is 0.125. The van der Waals surface area contributed by atoms with Gasteiger partial charge in [0.15, 0.2) is 5.17 Å². The fourth-order valence-electron chi connectivity index (χ4n) is 2.04. The highest BCUT2D eigenvalue weighted by molar-refractivity contribution is 8.18. The summed E-state index contributed by atoms with van der Waals surface area (Å²) < 4.78 is 1.97. The molecule has 0 unspecified atom stereocenters. The Morgan fingerprint density at radius 1 is 1.24 bits per heavy atom. The molecule has 2 aromatic rings. The van der Waals surface area contributed by atoms with E-state index in [-0.39, 0.29) is 5.91 Å². The highest BCUT2D eigenvalue weighted by atomic mass is 32.2. The number of nitrogens with zero attached hydrogens (tertiary/aromatic N) is 2. The predicted molar refractivity (Wildman–Crippen MR) is 87.4 cm³/mol. The molecule has 21 heavy (non-hydrogen) atoms. The minimum atomic E-state index is -0.103. The zero-order valence-electron chi connectivity index (χ0n) is 11.8. The summed E-state index contributed by atoms with van der Waals surface area (Å²) in [5, 5.41) is 3.43. The molecule has 1 aromatic carbocycles. The zero-order valence-corrected chi connectivity index (χ0v) is 12.6. The smallest absolute Gasteiger partial charge is 0.264 e. The quantitative estimate of drug-likeness (QED) is 0.865. The van der Waals surface area contributed by atoms with E-state index in [9.17, 15) is 4.79 Å². The van der Waals surface area contributed by atoms with Crippen molar-refractivity contribution in [3.05, 3.63) is 58.8 Å². The van der Waals surface area contributed by atoms with E-state index in [1.54, 1.807) is 0 Å². The number of aromatic nitrogens is 1. The van der Waals surface area contributed by atoms with Crippen LogP contribution in [0.3, 0.4) is 0 Å². The van der Waals surface area contributed by atoms with Crippen LogP contribution in [-0.2, 0) is 11.8 Å². The number of amidine groups is 1. The minimum absolute atomic E-state index is 0.103. The Bertz CT molecular complexity index is 758. The molecule has 1 amide bonds. The lowest BCUT2D eigenvalue weighted by molar-refractivity contribution is -0.115. The molecule has 1 aromatic heterocycles. The van der Waals surface area contributed by atoms with Crippen LogP contribution in [0.25, 0.3) is 6.08 Å². The summed E-state index contributed by atoms with van der Waals surface area (Å²) >= 11 is 1.37. The number of rotatable bonds is 2. The fourth-order valence-corrected chi connectivity index (χ4v) is 2.86. The normalized spacial score (nSPS) is 18.5. The predicted octanol–water partition coefficient (Wildman–Crippen LogP) is 3.23. The molecule has 1 fully saturated rings. The number of thioether (sulfide) groups is 1. The van der Waals surface area contributed by atoms with Gasteiger partial charge in [0.1, 0.15) is 0 Å². The van der Waals surface area contributed by atoms with Gasteiger partial charge in [-0.25, -0.2) is 4.99 Å². The second kappa shape index (κ2) is 5.61. The van der Waals surface area contributed by atoms with Crippen LogP contribution in [0.5, 0.6) is 0 Å². The number of aliphatic imine (C=N–C) groups is 1. The summed E-state index contributed by atoms with van der Waals surface area (Å²) in [5.41, 5.74) is 2.95. The number of para-hydroxylation sites is 1. The van der Waals surface area contributed by atoms with Crippen LogP contribution >= 0.6 is 11.8 Å². The third-order valence-electron chi connectivity index (χ3n) is 3.25. The van der Waals surface area contributed by atoms with Crippen molar-refractivity contribution in [1.82, 2.24) is 9.88 Å². The number of benzene rings is 1. The van der Waals surface area contributed by atoms with Gasteiger partial charge in [-0.05, 0) is 48.5 Å². The summed E-state index contributed by atoms with van der Waals surface area (Å²) in [4.78, 5) is 17.2. The molecule has 1 aliphatic rings. The van der Waals surface area contributed by atoms with Crippen LogP contribution in [-0.4, -0.2) is 15.6 Å². The van der Waals surface area contributed by atoms with Gasteiger partial charge in [-0.3, -0.25) is 4.79 Å². The van der Waals surface area contributed by atoms with Gasteiger partial charge in [-0.15, -0.1) is 0 Å². The lowest BCUT2D eigenvalue weighted by atomic mass is 10.2. The molecule has 4 nitrogen and oxygen atoms in total. The van der Waals surface area contributed by atoms with Crippen molar-refractivity contribution in [3.63, 3.8) is 0 Å². The summed E-state index contributed by atoms with van der Waals surface area (Å²) in [6, 6.07) is 11.8. The molecule has 0 saturated carbocycles. The largest absolute Gasteiger partial charge is 0.351 e. The Kier molecular flexibility index (Phi) is 3.66. The number of hydrogen-bond donors (Lipinski definition) is 1. The maximum atomic E-state index is 12.0. The highest BCUT2D eigenvalue weighted by Gasteiger charge is 2.24. The van der Waals surface area contributed by atoms with Crippen LogP contribution in [0, 0.1) is 6.92 Å². The number of carbonyl (C=O) groups is 1. The summed E-state index contributed by atoms with van der Waals surface area (Å²) in [6.45, 7) is 2.00. The molecule has 106 valence electrons. The molecule has 1 N–H and O–H groups in total. The minimum Gasteiger partial charge on any atom is -0.351 e. The van der Waals surface area contributed by atoms with Gasteiger partial charge in [0.25, 0.3) is 5.91 Å². The van der Waals surface area contributed by atoms with E-state index in [1.165, 1.54) is 11.8 Å². The Morgan fingerprint density at radius 3 is 2.76 bits per heavy atom. The summed E-state index contributed by atoms with van der Waals surface area (Å²) in [6.07, 6.45) is 3.83. The van der Waals surface area contributed by atoms with Crippen molar-refractivity contribution in [1.29, 1.82) is 0 Å². The van der Waals surface area contributed by atoms with Crippen molar-refractivity contribution in [2.45, 2.75) is 6.92 Å². The van der Waals surface area contributed by atoms with Crippen LogP contribution in [0.1, 0.15) is 11.3 Å². The van der Waals surface area contributed by atoms with E-state index in [2.05, 4.69) is 10.3 Å². The number of hydrogen-bond acceptors (Lipinski definition) is 3. The molecule has 1 aliphatic heterocycles. The third kappa shape index (κ3) is 2.92. The Morgan fingerprint density at radius 2 is 2.05 bits per heavy atom. The van der Waals surface area contributed by atoms with Gasteiger partial charge in [-0.2, -0.15) is 0 Å². The summed E-state index contributed by atoms with van der Waals surface area (Å²) in [5.74, 6) is -0.103. The molecule has 2 heterocycles. The first-order valence-corrected chi connectivity index (χ1v) is 7.42. The lowest BCUT2D eigenvalue weighted by Gasteiger charge is -1.99. The van der Waals surface area contributed by atoms with Gasteiger partial charge in [0.05, 0.1) is 10.6 Å². The molecule has 0 bridgehead atoms. The second-order valence-electron chi connectivity index (χ2n) is 4.81. The first-order valence-electron chi connectivity index (χ1n) is 6.60. The van der Waals surface area contributed by atoms with E-state index < -0.39 is 0 Å². The van der Waals surface area contributed by atoms with Crippen molar-refractivity contribution < 1.29 is 4.79 Å². The van der Waals surface area contributed by atoms with E-state index in [4.69, 9.17) is 0 Å². The molecular weight excluding hydrogens is 282 g/mol. The standard InChI is InChI=1S/C16H15N3OS/c1-11-6-3-4-8-13(11)17-16-18-15(20)14(21-16)10-12-7-5-9-19(12)2/h3-10H,1-2H3,(H,17,18,20)/b14-10+. The van der Waals surface area contributed by atoms with E-state index >= 15 is 0 Å². The Balaban J connectivity index is 1.87. The average molecular weight is 297 g/mol. The van der Waals surface area contributed by atoms with Gasteiger partial charge >= 0.3 is 0 Å². The second-order valence-corrected chi connectivity index (χ2v) is 5.84. The molecule has 0 radical (unpaired) electrons. The van der Waals surface area contributed by atoms with Gasteiger partial charge in [0, 0.05) is 18.9 Å². The molecule has 0 aliphatic carbocycles. The van der Waals surface area contributed by atoms with E-state index in [1.807, 2.05) is 67.2 Å². The van der Waals surface area contributed by atoms with Crippen LogP contribution < -0.4 is 5.32 Å².